The minimum Gasteiger partial charge on any atom is -0.364 e. The Morgan fingerprint density at radius 1 is 1.00 bits per heavy atom. The quantitative estimate of drug-likeness (QED) is 0.0660. The van der Waals surface area contributed by atoms with Crippen molar-refractivity contribution in [2.75, 3.05) is 38.5 Å². The number of alkyl halides is 2. The molecular formula is C42H46F3N6O7P. The third-order valence-electron chi connectivity index (χ3n) is 9.01. The Labute approximate surface area is 339 Å². The number of halogens is 3. The van der Waals surface area contributed by atoms with Gasteiger partial charge >= 0.3 is 13.3 Å². The predicted octanol–water partition coefficient (Wildman–Crippen LogP) is 6.81. The van der Waals surface area contributed by atoms with E-state index in [-0.39, 0.29) is 16.8 Å². The van der Waals surface area contributed by atoms with E-state index in [2.05, 4.69) is 35.2 Å². The molecule has 13 nitrogen and oxygen atoms in total. The first-order valence-corrected chi connectivity index (χ1v) is 20.0. The van der Waals surface area contributed by atoms with Crippen LogP contribution in [0.25, 0.3) is 22.0 Å². The van der Waals surface area contributed by atoms with Crippen LogP contribution in [0.3, 0.4) is 0 Å². The largest absolute Gasteiger partial charge is 0.399 e. The van der Waals surface area contributed by atoms with E-state index in [1.54, 1.807) is 30.3 Å². The van der Waals surface area contributed by atoms with Gasteiger partial charge in [0.05, 0.1) is 17.3 Å². The number of anilines is 1. The van der Waals surface area contributed by atoms with Gasteiger partial charge in [-0.1, -0.05) is 67.6 Å². The highest BCUT2D eigenvalue weighted by Gasteiger charge is 2.50. The minimum absolute atomic E-state index is 0.0200. The van der Waals surface area contributed by atoms with Crippen molar-refractivity contribution in [3.63, 3.8) is 0 Å². The molecule has 312 valence electrons. The van der Waals surface area contributed by atoms with Crippen molar-refractivity contribution in [2.45, 2.75) is 38.3 Å². The lowest BCUT2D eigenvalue weighted by Crippen LogP contribution is -2.31. The van der Waals surface area contributed by atoms with Crippen molar-refractivity contribution in [3.05, 3.63) is 125 Å². The number of nitrogens with two attached hydrogens (primary N) is 1. The number of primary amides is 1. The summed E-state index contributed by atoms with van der Waals surface area (Å²) in [5, 5.41) is 11.5. The predicted molar refractivity (Wildman–Crippen MR) is 219 cm³/mol. The number of amides is 3. The van der Waals surface area contributed by atoms with Crippen LogP contribution in [-0.4, -0.2) is 82.3 Å². The fourth-order valence-corrected chi connectivity index (χ4v) is 6.07. The Morgan fingerprint density at radius 2 is 1.66 bits per heavy atom. The van der Waals surface area contributed by atoms with E-state index in [9.17, 15) is 36.9 Å². The van der Waals surface area contributed by atoms with Gasteiger partial charge in [0.25, 0.3) is 5.91 Å². The number of carbonyl (C=O) groups excluding carboxylic acids is 4. The molecule has 0 atom stereocenters. The average Bonchev–Trinajstić information content (AvgIpc) is 3.93. The van der Waals surface area contributed by atoms with E-state index in [1.165, 1.54) is 37.1 Å². The molecule has 17 heteroatoms. The molecule has 3 amide bonds. The maximum atomic E-state index is 13.7. The Bertz CT molecular complexity index is 2270. The summed E-state index contributed by atoms with van der Waals surface area (Å²) in [5.41, 5.74) is 3.22. The van der Waals surface area contributed by atoms with Gasteiger partial charge in [-0.15, -0.1) is 0 Å². The summed E-state index contributed by atoms with van der Waals surface area (Å²) in [4.78, 5) is 66.8. The van der Waals surface area contributed by atoms with E-state index in [0.29, 0.717) is 47.4 Å². The van der Waals surface area contributed by atoms with Gasteiger partial charge in [0.2, 0.25) is 12.3 Å². The standard InChI is InChI=1S/C14H9FN2O.C10H9F2N2O4P.C10H20N2O.C8H8O/c15-13-7-10(5-6-14(13)17-9-18)12-4-2-1-3-11(12)8-16;11-10(12,19(16,17)18)6-1-2-7-5(3-6)4-8(14-7)9(13)15;1-3-11(2)9-6-10(13)12-7-4-5-8-12;9-7-6-8-4-2-1-3-5-8/h1-7,9H,(H,17,18);1-4,14H,(H2,13,15)(H2,16,17,18);3-9H2,1-2H3;1-5,7H,6H2. The van der Waals surface area contributed by atoms with Crippen molar-refractivity contribution in [1.82, 2.24) is 14.8 Å². The maximum absolute atomic E-state index is 13.7. The van der Waals surface area contributed by atoms with Crippen LogP contribution in [-0.2, 0) is 31.0 Å². The number of H-pyrrole nitrogens is 1. The molecule has 0 spiro atoms. The fourth-order valence-electron chi connectivity index (χ4n) is 5.60. The zero-order valence-electron chi connectivity index (χ0n) is 32.5. The van der Waals surface area contributed by atoms with Crippen LogP contribution in [0.15, 0.2) is 97.1 Å². The number of aromatic nitrogens is 1. The van der Waals surface area contributed by atoms with Crippen LogP contribution in [0.2, 0.25) is 0 Å². The Kier molecular flexibility index (Phi) is 18.2. The van der Waals surface area contributed by atoms with Gasteiger partial charge in [0.1, 0.15) is 17.8 Å². The molecule has 0 aliphatic carbocycles. The molecule has 1 aromatic heterocycles. The number of nitriles is 1. The summed E-state index contributed by atoms with van der Waals surface area (Å²) < 4.78 is 51.4. The molecule has 6 N–H and O–H groups in total. The molecule has 0 unspecified atom stereocenters. The summed E-state index contributed by atoms with van der Waals surface area (Å²) in [6.45, 7) is 5.99. The van der Waals surface area contributed by atoms with Gasteiger partial charge in [-0.05, 0) is 79.5 Å². The van der Waals surface area contributed by atoms with Gasteiger partial charge in [-0.2, -0.15) is 14.0 Å². The van der Waals surface area contributed by atoms with Crippen LogP contribution < -0.4 is 11.1 Å². The van der Waals surface area contributed by atoms with E-state index in [1.807, 2.05) is 35.2 Å². The van der Waals surface area contributed by atoms with E-state index in [0.717, 1.165) is 50.2 Å². The summed E-state index contributed by atoms with van der Waals surface area (Å²) >= 11 is 0. The average molecular weight is 835 g/mol. The molecule has 6 rings (SSSR count). The van der Waals surface area contributed by atoms with E-state index >= 15 is 0 Å². The highest BCUT2D eigenvalue weighted by atomic mass is 31.2. The second-order valence-corrected chi connectivity index (χ2v) is 14.8. The number of likely N-dealkylation sites (tertiary alicyclic amines) is 1. The molecule has 1 saturated heterocycles. The molecule has 5 aromatic rings. The third kappa shape index (κ3) is 14.0. The zero-order valence-corrected chi connectivity index (χ0v) is 33.4. The van der Waals surface area contributed by atoms with Crippen molar-refractivity contribution >= 4 is 48.7 Å². The van der Waals surface area contributed by atoms with Crippen LogP contribution in [0.5, 0.6) is 0 Å². The molecule has 4 aromatic carbocycles. The van der Waals surface area contributed by atoms with Gasteiger partial charge in [-0.3, -0.25) is 18.9 Å². The first kappa shape index (κ1) is 47.3. The van der Waals surface area contributed by atoms with Crippen LogP contribution in [0.1, 0.15) is 53.4 Å². The number of aromatic amines is 1. The second kappa shape index (κ2) is 22.7. The molecule has 1 aliphatic rings. The Hall–Kier alpha value is -6.11. The number of nitrogens with one attached hydrogen (secondary N) is 2. The molecule has 1 aliphatic heterocycles. The molecule has 0 bridgehead atoms. The number of carbonyl (C=O) groups is 4. The molecule has 1 fully saturated rings. The highest BCUT2D eigenvalue weighted by molar-refractivity contribution is 7.52. The van der Waals surface area contributed by atoms with Gasteiger partial charge in [-0.25, -0.2) is 4.39 Å². The lowest BCUT2D eigenvalue weighted by Gasteiger charge is -2.18. The zero-order chi connectivity index (χ0) is 43.6. The summed E-state index contributed by atoms with van der Waals surface area (Å²) in [5.74, 6) is -0.968. The van der Waals surface area contributed by atoms with Gasteiger partial charge in [0, 0.05) is 48.9 Å². The van der Waals surface area contributed by atoms with Crippen molar-refractivity contribution in [2.24, 2.45) is 5.73 Å². The molecule has 59 heavy (non-hydrogen) atoms. The molecular weight excluding hydrogens is 788 g/mol. The minimum atomic E-state index is -5.62. The number of hydrogen-bond acceptors (Lipinski definition) is 7. The summed E-state index contributed by atoms with van der Waals surface area (Å²) in [6, 6.07) is 27.3. The lowest BCUT2D eigenvalue weighted by atomic mass is 10.00. The number of hydrogen-bond donors (Lipinski definition) is 5. The van der Waals surface area contributed by atoms with E-state index < -0.39 is 30.5 Å². The lowest BCUT2D eigenvalue weighted by molar-refractivity contribution is -0.130. The monoisotopic (exact) mass is 834 g/mol. The van der Waals surface area contributed by atoms with Crippen molar-refractivity contribution in [1.29, 1.82) is 5.26 Å². The number of fused-ring (bicyclic) bond motifs is 1. The van der Waals surface area contributed by atoms with Crippen LogP contribution >= 0.6 is 7.60 Å². The van der Waals surface area contributed by atoms with Crippen LogP contribution in [0, 0.1) is 17.1 Å². The Balaban J connectivity index is 0.000000217. The number of benzene rings is 4. The number of rotatable bonds is 12. The number of nitrogens with zero attached hydrogens (tertiary/aromatic N) is 3. The van der Waals surface area contributed by atoms with Gasteiger partial charge < -0.3 is 40.4 Å². The summed E-state index contributed by atoms with van der Waals surface area (Å²) in [6.07, 6.45) is 4.92. The fraction of sp³-hybridized carbons (Fsp3) is 0.262. The Morgan fingerprint density at radius 3 is 2.24 bits per heavy atom. The first-order chi connectivity index (χ1) is 28.1. The van der Waals surface area contributed by atoms with Crippen molar-refractivity contribution in [3.8, 4) is 17.2 Å². The maximum Gasteiger partial charge on any atom is 0.399 e. The van der Waals surface area contributed by atoms with Crippen LogP contribution in [0.4, 0.5) is 18.9 Å². The van der Waals surface area contributed by atoms with Gasteiger partial charge in [0.15, 0.2) is 0 Å². The first-order valence-electron chi connectivity index (χ1n) is 18.4. The number of aldehydes is 1. The molecule has 0 saturated carbocycles. The third-order valence-corrected chi connectivity index (χ3v) is 10.00. The normalized spacial score (nSPS) is 12.2. The highest BCUT2D eigenvalue weighted by Crippen LogP contribution is 2.59. The molecule has 2 heterocycles. The SMILES string of the molecule is CCN(C)CCC(=O)N1CCCC1.N#Cc1ccccc1-c1ccc(NC=O)c(F)c1.NC(=O)c1cc2cc(C(F)(F)P(=O)(O)O)ccc2[nH]1.O=CCc1ccccc1. The molecule has 0 radical (unpaired) electrons. The topological polar surface area (TPSA) is 210 Å². The summed E-state index contributed by atoms with van der Waals surface area (Å²) in [7, 11) is -3.56. The van der Waals surface area contributed by atoms with E-state index in [4.69, 9.17) is 20.8 Å². The smallest absolute Gasteiger partial charge is 0.364 e. The van der Waals surface area contributed by atoms with Crippen molar-refractivity contribution < 1.29 is 46.7 Å². The second-order valence-electron chi connectivity index (χ2n) is 13.1.